The predicted molar refractivity (Wildman–Crippen MR) is 87.2 cm³/mol. The first kappa shape index (κ1) is 18.2. The third-order valence-corrected chi connectivity index (χ3v) is 4.51. The molecule has 1 aliphatic carbocycles. The zero-order valence-corrected chi connectivity index (χ0v) is 14.5. The van der Waals surface area contributed by atoms with Crippen LogP contribution in [0, 0.1) is 6.92 Å². The highest BCUT2D eigenvalue weighted by molar-refractivity contribution is 7.46. The molecule has 136 valence electrons. The fourth-order valence-electron chi connectivity index (χ4n) is 2.93. The van der Waals surface area contributed by atoms with Gasteiger partial charge in [-0.05, 0) is 18.1 Å². The number of hydrogen-bond acceptors (Lipinski definition) is 6. The van der Waals surface area contributed by atoms with Gasteiger partial charge in [-0.2, -0.15) is 0 Å². The highest BCUT2D eigenvalue weighted by Crippen LogP contribution is 2.38. The van der Waals surface area contributed by atoms with E-state index in [2.05, 4.69) is 9.51 Å². The first-order valence-corrected chi connectivity index (χ1v) is 8.80. The standard InChI is InChI=1S/C15H13N2O8P/c1-6-3-8(18)16-12-10(6)14(20)11-7(5-25-26(22,23)24)4-9(19)17(2)13(11)15(12)21/h3-4H,5H2,1-2H3,(H,16,18)(H2,22,23,24). The van der Waals surface area contributed by atoms with Gasteiger partial charge in [0.2, 0.25) is 11.3 Å². The van der Waals surface area contributed by atoms with Crippen LogP contribution in [-0.4, -0.2) is 30.9 Å². The molecule has 0 saturated heterocycles. The van der Waals surface area contributed by atoms with E-state index in [0.29, 0.717) is 0 Å². The van der Waals surface area contributed by atoms with Crippen molar-refractivity contribution in [1.82, 2.24) is 9.55 Å². The Morgan fingerprint density at radius 3 is 2.38 bits per heavy atom. The number of nitrogens with one attached hydrogen (secondary N) is 1. The number of H-pyrrole nitrogens is 1. The Bertz CT molecular complexity index is 1140. The number of carbonyl (C=O) groups is 2. The van der Waals surface area contributed by atoms with E-state index in [0.717, 1.165) is 16.7 Å². The lowest BCUT2D eigenvalue weighted by Crippen LogP contribution is -2.35. The summed E-state index contributed by atoms with van der Waals surface area (Å²) in [6.45, 7) is 0.747. The summed E-state index contributed by atoms with van der Waals surface area (Å²) in [7, 11) is -3.59. The number of aromatic nitrogens is 2. The average molecular weight is 380 g/mol. The van der Waals surface area contributed by atoms with Crippen molar-refractivity contribution < 1.29 is 28.5 Å². The minimum absolute atomic E-state index is 0.0295. The van der Waals surface area contributed by atoms with E-state index in [9.17, 15) is 23.7 Å². The number of nitrogens with zero attached hydrogens (tertiary/aromatic N) is 1. The average Bonchev–Trinajstić information content (AvgIpc) is 2.51. The van der Waals surface area contributed by atoms with E-state index in [1.165, 1.54) is 14.0 Å². The van der Waals surface area contributed by atoms with Crippen molar-refractivity contribution in [2.24, 2.45) is 7.05 Å². The molecule has 0 amide bonds. The lowest BCUT2D eigenvalue weighted by molar-refractivity contribution is 0.0964. The van der Waals surface area contributed by atoms with Crippen molar-refractivity contribution in [3.05, 3.63) is 66.5 Å². The number of aromatic amines is 1. The van der Waals surface area contributed by atoms with Crippen molar-refractivity contribution in [1.29, 1.82) is 0 Å². The quantitative estimate of drug-likeness (QED) is 0.526. The second-order valence-electron chi connectivity index (χ2n) is 5.78. The first-order valence-electron chi connectivity index (χ1n) is 7.27. The topological polar surface area (TPSA) is 156 Å². The Labute approximate surface area is 145 Å². The molecule has 0 aliphatic heterocycles. The summed E-state index contributed by atoms with van der Waals surface area (Å²) in [5, 5.41) is 0. The van der Waals surface area contributed by atoms with Crippen molar-refractivity contribution >= 4 is 19.4 Å². The third kappa shape index (κ3) is 2.89. The highest BCUT2D eigenvalue weighted by atomic mass is 31.2. The van der Waals surface area contributed by atoms with Crippen LogP contribution < -0.4 is 11.1 Å². The molecule has 2 aromatic rings. The summed E-state index contributed by atoms with van der Waals surface area (Å²) in [5.41, 5.74) is -1.82. The van der Waals surface area contributed by atoms with Gasteiger partial charge in [0, 0.05) is 19.2 Å². The smallest absolute Gasteiger partial charge is 0.318 e. The molecule has 26 heavy (non-hydrogen) atoms. The van der Waals surface area contributed by atoms with Crippen LogP contribution in [0.5, 0.6) is 0 Å². The predicted octanol–water partition coefficient (Wildman–Crippen LogP) is -0.233. The maximum atomic E-state index is 13.0. The maximum absolute atomic E-state index is 13.0. The second-order valence-corrected chi connectivity index (χ2v) is 7.02. The molecule has 0 saturated carbocycles. The summed E-state index contributed by atoms with van der Waals surface area (Å²) in [6, 6.07) is 2.13. The fourth-order valence-corrected chi connectivity index (χ4v) is 3.24. The maximum Gasteiger partial charge on any atom is 0.469 e. The molecule has 0 radical (unpaired) electrons. The van der Waals surface area contributed by atoms with E-state index in [4.69, 9.17) is 9.79 Å². The van der Waals surface area contributed by atoms with Gasteiger partial charge in [-0.3, -0.25) is 23.7 Å². The van der Waals surface area contributed by atoms with Crippen molar-refractivity contribution in [2.75, 3.05) is 0 Å². The minimum Gasteiger partial charge on any atom is -0.318 e. The Kier molecular flexibility index (Phi) is 4.16. The van der Waals surface area contributed by atoms with Gasteiger partial charge < -0.3 is 19.3 Å². The number of phosphoric ester groups is 1. The van der Waals surface area contributed by atoms with E-state index in [-0.39, 0.29) is 33.6 Å². The molecule has 0 aromatic carbocycles. The molecule has 10 nitrogen and oxygen atoms in total. The van der Waals surface area contributed by atoms with Crippen molar-refractivity contribution in [3.8, 4) is 0 Å². The number of fused-ring (bicyclic) bond motifs is 2. The molecule has 0 bridgehead atoms. The fraction of sp³-hybridized carbons (Fsp3) is 0.200. The van der Waals surface area contributed by atoms with Crippen molar-refractivity contribution in [2.45, 2.75) is 13.5 Å². The monoisotopic (exact) mass is 380 g/mol. The van der Waals surface area contributed by atoms with Crippen LogP contribution in [0.4, 0.5) is 0 Å². The van der Waals surface area contributed by atoms with Gasteiger partial charge in [0.05, 0.1) is 17.7 Å². The van der Waals surface area contributed by atoms with E-state index in [1.54, 1.807) is 0 Å². The lowest BCUT2D eigenvalue weighted by Gasteiger charge is -2.23. The Morgan fingerprint density at radius 1 is 1.12 bits per heavy atom. The van der Waals surface area contributed by atoms with Gasteiger partial charge in [0.1, 0.15) is 11.4 Å². The molecule has 2 aromatic heterocycles. The summed E-state index contributed by atoms with van der Waals surface area (Å²) in [6.07, 6.45) is 0. The molecule has 3 N–H and O–H groups in total. The molecule has 3 rings (SSSR count). The van der Waals surface area contributed by atoms with Crippen LogP contribution in [0.25, 0.3) is 0 Å². The first-order chi connectivity index (χ1) is 12.0. The third-order valence-electron chi connectivity index (χ3n) is 4.05. The van der Waals surface area contributed by atoms with Gasteiger partial charge in [0.25, 0.3) is 5.56 Å². The van der Waals surface area contributed by atoms with E-state index in [1.807, 2.05) is 0 Å². The molecular formula is C15H13N2O8P. The Morgan fingerprint density at radius 2 is 1.77 bits per heavy atom. The zero-order valence-electron chi connectivity index (χ0n) is 13.6. The van der Waals surface area contributed by atoms with Gasteiger partial charge in [-0.1, -0.05) is 0 Å². The molecule has 2 heterocycles. The molecule has 0 unspecified atom stereocenters. The summed E-state index contributed by atoms with van der Waals surface area (Å²) < 4.78 is 16.3. The Balaban J connectivity index is 2.31. The number of pyridine rings is 2. The SMILES string of the molecule is Cc1cc(=O)[nH]c2c1C(=O)c1c(COP(=O)(O)O)cc(=O)n(C)c1C2=O. The number of hydrogen-bond donors (Lipinski definition) is 3. The summed E-state index contributed by atoms with van der Waals surface area (Å²) in [5.74, 6) is -1.39. The largest absolute Gasteiger partial charge is 0.469 e. The van der Waals surface area contributed by atoms with Gasteiger partial charge >= 0.3 is 7.82 Å². The van der Waals surface area contributed by atoms with Gasteiger partial charge in [-0.25, -0.2) is 4.57 Å². The molecule has 1 aliphatic rings. The van der Waals surface area contributed by atoms with Crippen molar-refractivity contribution in [3.63, 3.8) is 0 Å². The highest BCUT2D eigenvalue weighted by Gasteiger charge is 2.36. The van der Waals surface area contributed by atoms with Gasteiger partial charge in [0.15, 0.2) is 5.78 Å². The van der Waals surface area contributed by atoms with Crippen LogP contribution >= 0.6 is 7.82 Å². The number of carbonyl (C=O) groups excluding carboxylic acids is 2. The zero-order chi connectivity index (χ0) is 19.4. The van der Waals surface area contributed by atoms with E-state index < -0.39 is 37.1 Å². The minimum atomic E-state index is -4.86. The number of ketones is 2. The Hall–Kier alpha value is -2.65. The number of aryl methyl sites for hydroxylation is 1. The van der Waals surface area contributed by atoms with Crippen LogP contribution in [0.15, 0.2) is 21.7 Å². The van der Waals surface area contributed by atoms with Crippen LogP contribution in [-0.2, 0) is 22.7 Å². The van der Waals surface area contributed by atoms with Gasteiger partial charge in [-0.15, -0.1) is 0 Å². The molecule has 11 heteroatoms. The molecule has 0 atom stereocenters. The molecule has 0 fully saturated rings. The van der Waals surface area contributed by atoms with Crippen LogP contribution in [0.1, 0.15) is 43.2 Å². The van der Waals surface area contributed by atoms with Crippen LogP contribution in [0.2, 0.25) is 0 Å². The molecular weight excluding hydrogens is 367 g/mol. The summed E-state index contributed by atoms with van der Waals surface area (Å²) >= 11 is 0. The summed E-state index contributed by atoms with van der Waals surface area (Å²) in [4.78, 5) is 69.6. The molecule has 0 spiro atoms. The van der Waals surface area contributed by atoms with E-state index >= 15 is 0 Å². The normalized spacial score (nSPS) is 13.5. The lowest BCUT2D eigenvalue weighted by atomic mass is 9.85. The number of phosphoric acid groups is 1. The number of rotatable bonds is 3. The van der Waals surface area contributed by atoms with Crippen LogP contribution in [0.3, 0.4) is 0 Å². The second kappa shape index (κ2) is 5.96.